The van der Waals surface area contributed by atoms with Crippen molar-refractivity contribution in [3.05, 3.63) is 23.8 Å². The third-order valence-corrected chi connectivity index (χ3v) is 4.91. The molecule has 4 rings (SSSR count). The van der Waals surface area contributed by atoms with E-state index >= 15 is 0 Å². The van der Waals surface area contributed by atoms with Crippen LogP contribution in [0.1, 0.15) is 31.2 Å². The Hall–Kier alpha value is -1.71. The van der Waals surface area contributed by atoms with Crippen molar-refractivity contribution in [2.45, 2.75) is 38.2 Å². The van der Waals surface area contributed by atoms with Gasteiger partial charge in [0.15, 0.2) is 11.5 Å². The molecule has 0 radical (unpaired) electrons. The fourth-order valence-electron chi connectivity index (χ4n) is 3.91. The molecule has 0 saturated heterocycles. The highest BCUT2D eigenvalue weighted by atomic mass is 16.6. The van der Waals surface area contributed by atoms with E-state index in [9.17, 15) is 4.79 Å². The molecule has 2 bridgehead atoms. The van der Waals surface area contributed by atoms with Gasteiger partial charge in [-0.25, -0.2) is 0 Å². The smallest absolute Gasteiger partial charge is 0.310 e. The van der Waals surface area contributed by atoms with Gasteiger partial charge >= 0.3 is 5.97 Å². The lowest BCUT2D eigenvalue weighted by molar-refractivity contribution is -0.150. The molecule has 2 aliphatic carbocycles. The first-order chi connectivity index (χ1) is 10.3. The van der Waals surface area contributed by atoms with E-state index in [1.165, 1.54) is 19.3 Å². The maximum absolute atomic E-state index is 12.1. The van der Waals surface area contributed by atoms with Gasteiger partial charge in [-0.1, -0.05) is 6.07 Å². The normalized spacial score (nSPS) is 29.4. The highest BCUT2D eigenvalue weighted by Crippen LogP contribution is 2.46. The topological polar surface area (TPSA) is 44.8 Å². The SMILES string of the molecule is O=C(Cc1ccc2c(c1)OCCO2)OC1CC2CCC1C2. The van der Waals surface area contributed by atoms with Crippen LogP contribution in [0.4, 0.5) is 0 Å². The first kappa shape index (κ1) is 13.0. The molecule has 0 N–H and O–H groups in total. The summed E-state index contributed by atoms with van der Waals surface area (Å²) >= 11 is 0. The van der Waals surface area contributed by atoms with Crippen molar-refractivity contribution in [2.75, 3.05) is 13.2 Å². The van der Waals surface area contributed by atoms with E-state index in [-0.39, 0.29) is 12.1 Å². The monoisotopic (exact) mass is 288 g/mol. The molecule has 3 unspecified atom stereocenters. The van der Waals surface area contributed by atoms with Crippen LogP contribution in [0.15, 0.2) is 18.2 Å². The van der Waals surface area contributed by atoms with Crippen molar-refractivity contribution in [3.8, 4) is 11.5 Å². The molecule has 3 aliphatic rings. The van der Waals surface area contributed by atoms with Crippen LogP contribution in [-0.2, 0) is 16.0 Å². The second-order valence-corrected chi connectivity index (χ2v) is 6.36. The maximum atomic E-state index is 12.1. The number of fused-ring (bicyclic) bond motifs is 3. The zero-order chi connectivity index (χ0) is 14.2. The van der Waals surface area contributed by atoms with Crippen LogP contribution in [0.2, 0.25) is 0 Å². The summed E-state index contributed by atoms with van der Waals surface area (Å²) in [4.78, 5) is 12.1. The predicted molar refractivity (Wildman–Crippen MR) is 76.5 cm³/mol. The molecule has 3 atom stereocenters. The standard InChI is InChI=1S/C17H20O4/c18-17(21-15-8-11-1-3-13(15)7-11)10-12-2-4-14-16(9-12)20-6-5-19-14/h2,4,9,11,13,15H,1,3,5-8,10H2. The van der Waals surface area contributed by atoms with E-state index in [4.69, 9.17) is 14.2 Å². The summed E-state index contributed by atoms with van der Waals surface area (Å²) < 4.78 is 16.7. The van der Waals surface area contributed by atoms with Crippen molar-refractivity contribution in [1.82, 2.24) is 0 Å². The van der Waals surface area contributed by atoms with E-state index in [0.29, 0.717) is 25.6 Å². The minimum absolute atomic E-state index is 0.121. The largest absolute Gasteiger partial charge is 0.486 e. The lowest BCUT2D eigenvalue weighted by Crippen LogP contribution is -2.25. The average molecular weight is 288 g/mol. The van der Waals surface area contributed by atoms with Crippen molar-refractivity contribution in [3.63, 3.8) is 0 Å². The zero-order valence-electron chi connectivity index (χ0n) is 12.0. The number of benzene rings is 1. The van der Waals surface area contributed by atoms with Gasteiger partial charge in [0.1, 0.15) is 19.3 Å². The van der Waals surface area contributed by atoms with Gasteiger partial charge in [-0.3, -0.25) is 4.79 Å². The lowest BCUT2D eigenvalue weighted by atomic mass is 9.98. The Bertz CT molecular complexity index is 554. The minimum atomic E-state index is -0.121. The molecular weight excluding hydrogens is 268 g/mol. The van der Waals surface area contributed by atoms with Gasteiger partial charge in [0.2, 0.25) is 0 Å². The number of carbonyl (C=O) groups excluding carboxylic acids is 1. The summed E-state index contributed by atoms with van der Waals surface area (Å²) in [7, 11) is 0. The third kappa shape index (κ3) is 2.59. The van der Waals surface area contributed by atoms with Crippen LogP contribution in [0.5, 0.6) is 11.5 Å². The summed E-state index contributed by atoms with van der Waals surface area (Å²) in [5, 5.41) is 0. The Kier molecular flexibility index (Phi) is 3.24. The quantitative estimate of drug-likeness (QED) is 0.802. The maximum Gasteiger partial charge on any atom is 0.310 e. The van der Waals surface area contributed by atoms with Gasteiger partial charge in [0.25, 0.3) is 0 Å². The zero-order valence-corrected chi connectivity index (χ0v) is 12.0. The highest BCUT2D eigenvalue weighted by Gasteiger charge is 2.41. The van der Waals surface area contributed by atoms with Gasteiger partial charge in [-0.2, -0.15) is 0 Å². The van der Waals surface area contributed by atoms with Gasteiger partial charge < -0.3 is 14.2 Å². The number of hydrogen-bond acceptors (Lipinski definition) is 4. The summed E-state index contributed by atoms with van der Waals surface area (Å²) in [6, 6.07) is 5.67. The molecule has 1 aromatic carbocycles. The molecule has 1 aliphatic heterocycles. The lowest BCUT2D eigenvalue weighted by Gasteiger charge is -2.22. The second-order valence-electron chi connectivity index (χ2n) is 6.36. The molecule has 2 saturated carbocycles. The van der Waals surface area contributed by atoms with Gasteiger partial charge in [0.05, 0.1) is 6.42 Å². The number of rotatable bonds is 3. The molecule has 0 spiro atoms. The van der Waals surface area contributed by atoms with Crippen molar-refractivity contribution >= 4 is 5.97 Å². The number of ether oxygens (including phenoxy) is 3. The predicted octanol–water partition coefficient (Wildman–Crippen LogP) is 2.73. The molecule has 1 aromatic rings. The number of carbonyl (C=O) groups is 1. The molecule has 1 heterocycles. The second kappa shape index (κ2) is 5.24. The molecule has 112 valence electrons. The minimum Gasteiger partial charge on any atom is -0.486 e. The van der Waals surface area contributed by atoms with E-state index in [1.807, 2.05) is 18.2 Å². The van der Waals surface area contributed by atoms with Gasteiger partial charge in [-0.05, 0) is 55.2 Å². The van der Waals surface area contributed by atoms with Gasteiger partial charge in [-0.15, -0.1) is 0 Å². The molecule has 4 heteroatoms. The Morgan fingerprint density at radius 1 is 1.14 bits per heavy atom. The third-order valence-electron chi connectivity index (χ3n) is 4.91. The van der Waals surface area contributed by atoms with Crippen LogP contribution in [-0.4, -0.2) is 25.3 Å². The Morgan fingerprint density at radius 3 is 2.76 bits per heavy atom. The molecule has 4 nitrogen and oxygen atoms in total. The summed E-state index contributed by atoms with van der Waals surface area (Å²) in [5.74, 6) is 2.77. The highest BCUT2D eigenvalue weighted by molar-refractivity contribution is 5.73. The Morgan fingerprint density at radius 2 is 2.00 bits per heavy atom. The molecule has 2 fully saturated rings. The Labute approximate surface area is 124 Å². The molecule has 21 heavy (non-hydrogen) atoms. The first-order valence-electron chi connectivity index (χ1n) is 7.86. The van der Waals surface area contributed by atoms with Crippen LogP contribution in [0.25, 0.3) is 0 Å². The average Bonchev–Trinajstić information content (AvgIpc) is 3.09. The van der Waals surface area contributed by atoms with Crippen LogP contribution in [0, 0.1) is 11.8 Å². The Balaban J connectivity index is 1.38. The summed E-state index contributed by atoms with van der Waals surface area (Å²) in [6.07, 6.45) is 5.34. The van der Waals surface area contributed by atoms with E-state index < -0.39 is 0 Å². The van der Waals surface area contributed by atoms with Crippen molar-refractivity contribution in [2.24, 2.45) is 11.8 Å². The van der Waals surface area contributed by atoms with Gasteiger partial charge in [0, 0.05) is 0 Å². The molecular formula is C17H20O4. The van der Waals surface area contributed by atoms with E-state index in [1.54, 1.807) is 0 Å². The fourth-order valence-corrected chi connectivity index (χ4v) is 3.91. The summed E-state index contributed by atoms with van der Waals surface area (Å²) in [6.45, 7) is 1.14. The first-order valence-corrected chi connectivity index (χ1v) is 7.86. The molecule has 0 amide bonds. The van der Waals surface area contributed by atoms with Crippen LogP contribution < -0.4 is 9.47 Å². The van der Waals surface area contributed by atoms with Crippen LogP contribution in [0.3, 0.4) is 0 Å². The molecule has 0 aromatic heterocycles. The van der Waals surface area contributed by atoms with Crippen molar-refractivity contribution < 1.29 is 19.0 Å². The van der Waals surface area contributed by atoms with Crippen LogP contribution >= 0.6 is 0 Å². The summed E-state index contributed by atoms with van der Waals surface area (Å²) in [5.41, 5.74) is 0.924. The number of hydrogen-bond donors (Lipinski definition) is 0. The van der Waals surface area contributed by atoms with E-state index in [0.717, 1.165) is 29.4 Å². The fraction of sp³-hybridized carbons (Fsp3) is 0.588. The number of esters is 1. The van der Waals surface area contributed by atoms with Crippen molar-refractivity contribution in [1.29, 1.82) is 0 Å². The van der Waals surface area contributed by atoms with E-state index in [2.05, 4.69) is 0 Å².